The number of aliphatic imine (C=N–C) groups is 1. The lowest BCUT2D eigenvalue weighted by atomic mass is 9.84. The van der Waals surface area contributed by atoms with Crippen molar-refractivity contribution in [1.29, 1.82) is 0 Å². The van der Waals surface area contributed by atoms with E-state index in [9.17, 15) is 4.39 Å². The van der Waals surface area contributed by atoms with Crippen molar-refractivity contribution in [2.45, 2.75) is 44.2 Å². The highest BCUT2D eigenvalue weighted by molar-refractivity contribution is 5.98. The van der Waals surface area contributed by atoms with Crippen LogP contribution in [0.1, 0.15) is 32.6 Å². The van der Waals surface area contributed by atoms with Crippen LogP contribution in [0.3, 0.4) is 0 Å². The largest absolute Gasteiger partial charge is 0.378 e. The summed E-state index contributed by atoms with van der Waals surface area (Å²) in [5, 5.41) is 0. The van der Waals surface area contributed by atoms with Gasteiger partial charge in [0.25, 0.3) is 0 Å². The molecule has 0 aliphatic carbocycles. The van der Waals surface area contributed by atoms with Gasteiger partial charge in [0.1, 0.15) is 5.82 Å². The van der Waals surface area contributed by atoms with Crippen molar-refractivity contribution < 1.29 is 9.13 Å². The lowest BCUT2D eigenvalue weighted by Gasteiger charge is -2.44. The van der Waals surface area contributed by atoms with Gasteiger partial charge >= 0.3 is 0 Å². The Kier molecular flexibility index (Phi) is 3.85. The van der Waals surface area contributed by atoms with Gasteiger partial charge in [-0.1, -0.05) is 19.4 Å². The molecule has 0 radical (unpaired) electrons. The number of ether oxygens (including phenoxy) is 1. The van der Waals surface area contributed by atoms with E-state index in [2.05, 4.69) is 11.9 Å². The molecule has 1 fully saturated rings. The summed E-state index contributed by atoms with van der Waals surface area (Å²) >= 11 is 0. The van der Waals surface area contributed by atoms with Crippen molar-refractivity contribution >= 4 is 11.6 Å². The quantitative estimate of drug-likeness (QED) is 0.931. The van der Waals surface area contributed by atoms with Crippen molar-refractivity contribution in [3.8, 4) is 0 Å². The molecule has 5 heteroatoms. The zero-order valence-corrected chi connectivity index (χ0v) is 12.4. The lowest BCUT2D eigenvalue weighted by Crippen LogP contribution is -2.56. The number of hydrogen-bond donors (Lipinski definition) is 1. The van der Waals surface area contributed by atoms with Crippen LogP contribution in [0.5, 0.6) is 0 Å². The van der Waals surface area contributed by atoms with E-state index in [1.807, 2.05) is 11.0 Å². The number of nitrogens with zero attached hydrogens (tertiary/aromatic N) is 2. The molecular formula is C16H22FN3O. The van der Waals surface area contributed by atoms with Gasteiger partial charge in [-0.2, -0.15) is 0 Å². The minimum atomic E-state index is -0.250. The topological polar surface area (TPSA) is 50.9 Å². The number of hydrogen-bond acceptors (Lipinski definition) is 4. The lowest BCUT2D eigenvalue weighted by molar-refractivity contribution is -0.0180. The van der Waals surface area contributed by atoms with Gasteiger partial charge < -0.3 is 15.4 Å². The first-order valence-corrected chi connectivity index (χ1v) is 7.62. The number of anilines is 1. The molecule has 2 heterocycles. The Morgan fingerprint density at radius 2 is 2.38 bits per heavy atom. The Morgan fingerprint density at radius 3 is 3.14 bits per heavy atom. The second-order valence-corrected chi connectivity index (χ2v) is 5.95. The average molecular weight is 291 g/mol. The molecule has 3 rings (SSSR count). The van der Waals surface area contributed by atoms with E-state index < -0.39 is 0 Å². The van der Waals surface area contributed by atoms with Gasteiger partial charge in [-0.15, -0.1) is 0 Å². The fraction of sp³-hybridized carbons (Fsp3) is 0.562. The van der Waals surface area contributed by atoms with Gasteiger partial charge in [0.15, 0.2) is 5.96 Å². The van der Waals surface area contributed by atoms with Crippen LogP contribution in [0, 0.1) is 5.82 Å². The number of halogens is 1. The standard InChI is InChI=1S/C16H22FN3O/c1-2-4-14-10-16(7-8-21-14)11-19-15(18)20(16)13-6-3-5-12(17)9-13/h3,5-6,9,14H,2,4,7-8,10-11H2,1H3,(H2,18,19). The fourth-order valence-electron chi connectivity index (χ4n) is 3.49. The zero-order chi connectivity index (χ0) is 14.9. The Bertz CT molecular complexity index is 546. The van der Waals surface area contributed by atoms with E-state index in [-0.39, 0.29) is 17.5 Å². The SMILES string of the molecule is CCCC1CC2(CCO1)CN=C(N)N2c1cccc(F)c1. The molecule has 2 aliphatic heterocycles. The maximum atomic E-state index is 13.6. The number of benzene rings is 1. The Morgan fingerprint density at radius 1 is 1.52 bits per heavy atom. The summed E-state index contributed by atoms with van der Waals surface area (Å²) in [5.74, 6) is 0.234. The zero-order valence-electron chi connectivity index (χ0n) is 12.4. The highest BCUT2D eigenvalue weighted by Crippen LogP contribution is 2.39. The maximum absolute atomic E-state index is 13.6. The molecule has 1 spiro atoms. The molecule has 21 heavy (non-hydrogen) atoms. The van der Waals surface area contributed by atoms with E-state index in [0.717, 1.165) is 31.4 Å². The van der Waals surface area contributed by atoms with Crippen LogP contribution in [0.15, 0.2) is 29.3 Å². The maximum Gasteiger partial charge on any atom is 0.196 e. The van der Waals surface area contributed by atoms with Crippen LogP contribution >= 0.6 is 0 Å². The smallest absolute Gasteiger partial charge is 0.196 e. The van der Waals surface area contributed by atoms with Gasteiger partial charge in [0, 0.05) is 12.3 Å². The Balaban J connectivity index is 1.91. The monoisotopic (exact) mass is 291 g/mol. The van der Waals surface area contributed by atoms with Crippen LogP contribution in [-0.4, -0.2) is 30.8 Å². The molecule has 0 amide bonds. The first-order valence-electron chi connectivity index (χ1n) is 7.62. The molecule has 2 aliphatic rings. The van der Waals surface area contributed by atoms with Gasteiger partial charge in [-0.25, -0.2) is 4.39 Å². The summed E-state index contributed by atoms with van der Waals surface area (Å²) in [4.78, 5) is 6.45. The van der Waals surface area contributed by atoms with Crippen molar-refractivity contribution in [3.05, 3.63) is 30.1 Å². The molecule has 1 aromatic rings. The molecule has 2 unspecified atom stereocenters. The highest BCUT2D eigenvalue weighted by atomic mass is 19.1. The van der Waals surface area contributed by atoms with E-state index in [1.165, 1.54) is 12.1 Å². The van der Waals surface area contributed by atoms with Crippen LogP contribution in [0.4, 0.5) is 10.1 Å². The van der Waals surface area contributed by atoms with Gasteiger partial charge in [-0.3, -0.25) is 4.99 Å². The third kappa shape index (κ3) is 2.62. The molecule has 2 N–H and O–H groups in total. The van der Waals surface area contributed by atoms with E-state index in [1.54, 1.807) is 6.07 Å². The second kappa shape index (κ2) is 5.64. The number of guanidine groups is 1. The summed E-state index contributed by atoms with van der Waals surface area (Å²) in [7, 11) is 0. The molecule has 0 saturated carbocycles. The van der Waals surface area contributed by atoms with E-state index in [4.69, 9.17) is 10.5 Å². The summed E-state index contributed by atoms with van der Waals surface area (Å²) in [6.45, 7) is 3.53. The first-order chi connectivity index (χ1) is 10.1. The third-order valence-corrected chi connectivity index (χ3v) is 4.44. The summed E-state index contributed by atoms with van der Waals surface area (Å²) in [6, 6.07) is 6.58. The van der Waals surface area contributed by atoms with Crippen molar-refractivity contribution in [3.63, 3.8) is 0 Å². The van der Waals surface area contributed by atoms with Gasteiger partial charge in [-0.05, 0) is 37.5 Å². The van der Waals surface area contributed by atoms with Crippen LogP contribution in [0.2, 0.25) is 0 Å². The van der Waals surface area contributed by atoms with Crippen molar-refractivity contribution in [1.82, 2.24) is 0 Å². The van der Waals surface area contributed by atoms with Crippen LogP contribution in [-0.2, 0) is 4.74 Å². The highest BCUT2D eigenvalue weighted by Gasteiger charge is 2.46. The fourth-order valence-corrected chi connectivity index (χ4v) is 3.49. The second-order valence-electron chi connectivity index (χ2n) is 5.95. The van der Waals surface area contributed by atoms with Crippen molar-refractivity contribution in [2.75, 3.05) is 18.1 Å². The molecular weight excluding hydrogens is 269 g/mol. The average Bonchev–Trinajstić information content (AvgIpc) is 2.76. The molecule has 4 nitrogen and oxygen atoms in total. The predicted molar refractivity (Wildman–Crippen MR) is 82.0 cm³/mol. The first kappa shape index (κ1) is 14.3. The molecule has 2 atom stereocenters. The number of rotatable bonds is 3. The van der Waals surface area contributed by atoms with Crippen LogP contribution < -0.4 is 10.6 Å². The normalized spacial score (nSPS) is 29.0. The minimum Gasteiger partial charge on any atom is -0.378 e. The van der Waals surface area contributed by atoms with Crippen molar-refractivity contribution in [2.24, 2.45) is 10.7 Å². The Labute approximate surface area is 124 Å². The van der Waals surface area contributed by atoms with Gasteiger partial charge in [0.05, 0.1) is 18.2 Å². The molecule has 1 aromatic carbocycles. The minimum absolute atomic E-state index is 0.157. The van der Waals surface area contributed by atoms with E-state index >= 15 is 0 Å². The molecule has 114 valence electrons. The summed E-state index contributed by atoms with van der Waals surface area (Å²) in [5.41, 5.74) is 6.73. The Hall–Kier alpha value is -1.62. The predicted octanol–water partition coefficient (Wildman–Crippen LogP) is 2.68. The van der Waals surface area contributed by atoms with E-state index in [0.29, 0.717) is 19.1 Å². The summed E-state index contributed by atoms with van der Waals surface area (Å²) < 4.78 is 19.4. The number of nitrogens with two attached hydrogens (primary N) is 1. The van der Waals surface area contributed by atoms with Crippen LogP contribution in [0.25, 0.3) is 0 Å². The summed E-state index contributed by atoms with van der Waals surface area (Å²) in [6.07, 6.45) is 4.13. The third-order valence-electron chi connectivity index (χ3n) is 4.44. The van der Waals surface area contributed by atoms with Gasteiger partial charge in [0.2, 0.25) is 0 Å². The molecule has 1 saturated heterocycles. The molecule has 0 aromatic heterocycles. The molecule has 0 bridgehead atoms.